The third kappa shape index (κ3) is 5.36. The van der Waals surface area contributed by atoms with Crippen molar-refractivity contribution >= 4 is 36.4 Å². The van der Waals surface area contributed by atoms with Gasteiger partial charge in [-0.15, -0.1) is 24.8 Å². The van der Waals surface area contributed by atoms with Crippen LogP contribution in [0.4, 0.5) is 5.69 Å². The van der Waals surface area contributed by atoms with E-state index in [1.165, 1.54) is 11.3 Å². The van der Waals surface area contributed by atoms with E-state index >= 15 is 0 Å². The molecule has 1 atom stereocenters. The van der Waals surface area contributed by atoms with Gasteiger partial charge in [0, 0.05) is 25.3 Å². The summed E-state index contributed by atoms with van der Waals surface area (Å²) in [5.41, 5.74) is 9.58. The average molecular weight is 382 g/mol. The Morgan fingerprint density at radius 3 is 2.52 bits per heavy atom. The zero-order chi connectivity index (χ0) is 16.1. The molecular formula is C19H25Cl2N3O. The Balaban J connectivity index is 0.00000156. The first-order valence-corrected chi connectivity index (χ1v) is 8.17. The van der Waals surface area contributed by atoms with Crippen molar-refractivity contribution in [1.29, 1.82) is 0 Å². The molecule has 2 aromatic rings. The number of benzene rings is 2. The van der Waals surface area contributed by atoms with E-state index in [1.807, 2.05) is 30.3 Å². The van der Waals surface area contributed by atoms with Crippen LogP contribution in [0.15, 0.2) is 54.6 Å². The number of anilines is 1. The van der Waals surface area contributed by atoms with Crippen LogP contribution in [-0.2, 0) is 11.2 Å². The van der Waals surface area contributed by atoms with Crippen LogP contribution in [0.25, 0.3) is 0 Å². The van der Waals surface area contributed by atoms with Gasteiger partial charge < -0.3 is 16.0 Å². The molecule has 0 fully saturated rings. The first-order chi connectivity index (χ1) is 11.3. The lowest BCUT2D eigenvalue weighted by atomic mass is 10.1. The zero-order valence-electron chi connectivity index (χ0n) is 14.1. The van der Waals surface area contributed by atoms with E-state index in [9.17, 15) is 4.79 Å². The van der Waals surface area contributed by atoms with E-state index in [2.05, 4.69) is 34.5 Å². The average Bonchev–Trinajstić information content (AvgIpc) is 3.02. The molecule has 3 rings (SSSR count). The third-order valence-corrected chi connectivity index (χ3v) is 4.33. The second-order valence-corrected chi connectivity index (χ2v) is 5.90. The maximum absolute atomic E-state index is 12.1. The second-order valence-electron chi connectivity index (χ2n) is 5.90. The second kappa shape index (κ2) is 10.3. The van der Waals surface area contributed by atoms with Crippen molar-refractivity contribution in [1.82, 2.24) is 5.32 Å². The Morgan fingerprint density at radius 1 is 1.08 bits per heavy atom. The topological polar surface area (TPSA) is 58.4 Å². The number of hydrogen-bond acceptors (Lipinski definition) is 3. The summed E-state index contributed by atoms with van der Waals surface area (Å²) in [6.07, 6.45) is 2.03. The quantitative estimate of drug-likeness (QED) is 0.755. The summed E-state index contributed by atoms with van der Waals surface area (Å²) < 4.78 is 0. The highest BCUT2D eigenvalue weighted by Gasteiger charge is 2.18. The fourth-order valence-electron chi connectivity index (χ4n) is 3.04. The highest BCUT2D eigenvalue weighted by atomic mass is 35.5. The molecule has 6 heteroatoms. The fraction of sp³-hybridized carbons (Fsp3) is 0.316. The van der Waals surface area contributed by atoms with E-state index in [1.54, 1.807) is 0 Å². The van der Waals surface area contributed by atoms with Gasteiger partial charge in [-0.25, -0.2) is 0 Å². The van der Waals surface area contributed by atoms with Crippen molar-refractivity contribution in [3.05, 3.63) is 65.7 Å². The first kappa shape index (κ1) is 21.3. The smallest absolute Gasteiger partial charge is 0.241 e. The van der Waals surface area contributed by atoms with Gasteiger partial charge in [-0.2, -0.15) is 0 Å². The molecule has 0 saturated carbocycles. The van der Waals surface area contributed by atoms with Crippen LogP contribution in [0.2, 0.25) is 0 Å². The summed E-state index contributed by atoms with van der Waals surface area (Å²) in [5.74, 6) is -0.113. The molecule has 3 N–H and O–H groups in total. The van der Waals surface area contributed by atoms with Gasteiger partial charge in [-0.05, 0) is 30.0 Å². The molecule has 0 saturated heterocycles. The Hall–Kier alpha value is -1.75. The first-order valence-electron chi connectivity index (χ1n) is 8.17. The van der Waals surface area contributed by atoms with Crippen molar-refractivity contribution < 1.29 is 4.79 Å². The van der Waals surface area contributed by atoms with Crippen LogP contribution in [0.1, 0.15) is 23.6 Å². The van der Waals surface area contributed by atoms with Crippen molar-refractivity contribution in [3.8, 4) is 0 Å². The number of carbonyl (C=O) groups is 1. The van der Waals surface area contributed by atoms with Gasteiger partial charge in [-0.1, -0.05) is 48.5 Å². The zero-order valence-corrected chi connectivity index (χ0v) is 15.7. The van der Waals surface area contributed by atoms with Crippen molar-refractivity contribution in [2.75, 3.05) is 24.5 Å². The number of fused-ring (bicyclic) bond motifs is 1. The SMILES string of the molecule is Cl.Cl.NC(C(=O)NCCCN1CCc2ccccc21)c1ccccc1. The molecule has 2 aromatic carbocycles. The van der Waals surface area contributed by atoms with Crippen LogP contribution in [0.3, 0.4) is 0 Å². The standard InChI is InChI=1S/C19H23N3O.2ClH/c20-18(16-8-2-1-3-9-16)19(23)21-12-6-13-22-14-11-15-7-4-5-10-17(15)22;;/h1-5,7-10,18H,6,11-14,20H2,(H,21,23);2*1H. The molecule has 0 aliphatic carbocycles. The molecule has 0 spiro atoms. The molecule has 1 heterocycles. The molecule has 0 aromatic heterocycles. The molecule has 1 aliphatic rings. The number of nitrogens with one attached hydrogen (secondary N) is 1. The van der Waals surface area contributed by atoms with Crippen molar-refractivity contribution in [3.63, 3.8) is 0 Å². The summed E-state index contributed by atoms with van der Waals surface area (Å²) in [5, 5.41) is 2.94. The van der Waals surface area contributed by atoms with E-state index in [0.717, 1.165) is 31.5 Å². The molecule has 0 bridgehead atoms. The van der Waals surface area contributed by atoms with Crippen LogP contribution in [0.5, 0.6) is 0 Å². The largest absolute Gasteiger partial charge is 0.371 e. The van der Waals surface area contributed by atoms with E-state index in [-0.39, 0.29) is 30.7 Å². The lowest BCUT2D eigenvalue weighted by Gasteiger charge is -2.19. The summed E-state index contributed by atoms with van der Waals surface area (Å²) in [7, 11) is 0. The number of para-hydroxylation sites is 1. The number of carbonyl (C=O) groups excluding carboxylic acids is 1. The highest BCUT2D eigenvalue weighted by molar-refractivity contribution is 5.85. The van der Waals surface area contributed by atoms with Crippen LogP contribution in [0, 0.1) is 0 Å². The molecule has 4 nitrogen and oxygen atoms in total. The van der Waals surface area contributed by atoms with Gasteiger partial charge in [0.15, 0.2) is 0 Å². The lowest BCUT2D eigenvalue weighted by Crippen LogP contribution is -2.35. The molecule has 0 radical (unpaired) electrons. The predicted molar refractivity (Wildman–Crippen MR) is 108 cm³/mol. The number of amides is 1. The number of rotatable bonds is 6. The molecule has 1 amide bonds. The Bertz CT molecular complexity index is 667. The minimum atomic E-state index is -0.594. The molecule has 1 aliphatic heterocycles. The molecular weight excluding hydrogens is 357 g/mol. The number of nitrogens with two attached hydrogens (primary N) is 1. The third-order valence-electron chi connectivity index (χ3n) is 4.33. The van der Waals surface area contributed by atoms with Gasteiger partial charge >= 0.3 is 0 Å². The van der Waals surface area contributed by atoms with E-state index in [0.29, 0.717) is 6.54 Å². The van der Waals surface area contributed by atoms with Crippen molar-refractivity contribution in [2.45, 2.75) is 18.9 Å². The van der Waals surface area contributed by atoms with Gasteiger partial charge in [0.1, 0.15) is 6.04 Å². The lowest BCUT2D eigenvalue weighted by molar-refractivity contribution is -0.122. The number of halogens is 2. The maximum atomic E-state index is 12.1. The van der Waals surface area contributed by atoms with Gasteiger partial charge in [0.05, 0.1) is 0 Å². The molecule has 25 heavy (non-hydrogen) atoms. The highest BCUT2D eigenvalue weighted by Crippen LogP contribution is 2.27. The number of hydrogen-bond donors (Lipinski definition) is 2. The Kier molecular flexibility index (Phi) is 8.76. The molecule has 1 unspecified atom stereocenters. The maximum Gasteiger partial charge on any atom is 0.241 e. The van der Waals surface area contributed by atoms with Crippen molar-refractivity contribution in [2.24, 2.45) is 5.73 Å². The van der Waals surface area contributed by atoms with E-state index < -0.39 is 6.04 Å². The summed E-state index contributed by atoms with van der Waals surface area (Å²) in [4.78, 5) is 14.5. The van der Waals surface area contributed by atoms with Crippen LogP contribution >= 0.6 is 24.8 Å². The monoisotopic (exact) mass is 381 g/mol. The van der Waals surface area contributed by atoms with Crippen LogP contribution in [-0.4, -0.2) is 25.5 Å². The minimum absolute atomic E-state index is 0. The molecule has 136 valence electrons. The van der Waals surface area contributed by atoms with Gasteiger partial charge in [0.25, 0.3) is 0 Å². The fourth-order valence-corrected chi connectivity index (χ4v) is 3.04. The summed E-state index contributed by atoms with van der Waals surface area (Å²) >= 11 is 0. The van der Waals surface area contributed by atoms with Gasteiger partial charge in [-0.3, -0.25) is 4.79 Å². The Morgan fingerprint density at radius 2 is 1.76 bits per heavy atom. The van der Waals surface area contributed by atoms with Gasteiger partial charge in [0.2, 0.25) is 5.91 Å². The normalized spacial score (nSPS) is 13.2. The summed E-state index contributed by atoms with van der Waals surface area (Å²) in [6.45, 7) is 2.67. The Labute approximate surface area is 161 Å². The minimum Gasteiger partial charge on any atom is -0.371 e. The number of nitrogens with zero attached hydrogens (tertiary/aromatic N) is 1. The van der Waals surface area contributed by atoms with E-state index in [4.69, 9.17) is 5.73 Å². The van der Waals surface area contributed by atoms with Crippen LogP contribution < -0.4 is 16.0 Å². The summed E-state index contributed by atoms with van der Waals surface area (Å²) in [6, 6.07) is 17.4. The predicted octanol–water partition coefficient (Wildman–Crippen LogP) is 3.10.